The van der Waals surface area contributed by atoms with Gasteiger partial charge < -0.3 is 14.8 Å². The van der Waals surface area contributed by atoms with E-state index in [2.05, 4.69) is 15.0 Å². The summed E-state index contributed by atoms with van der Waals surface area (Å²) in [5.74, 6) is 1.27. The van der Waals surface area contributed by atoms with E-state index in [1.165, 1.54) is 0 Å². The monoisotopic (exact) mass is 511 g/mol. The van der Waals surface area contributed by atoms with Gasteiger partial charge in [0.2, 0.25) is 0 Å². The molecule has 0 aliphatic heterocycles. The lowest BCUT2D eigenvalue weighted by Gasteiger charge is -2.16. The first-order chi connectivity index (χ1) is 16.8. The Kier molecular flexibility index (Phi) is 8.06. The highest BCUT2D eigenvalue weighted by Gasteiger charge is 2.18. The molecule has 0 aliphatic carbocycles. The van der Waals surface area contributed by atoms with Crippen LogP contribution in [0.3, 0.4) is 0 Å². The van der Waals surface area contributed by atoms with E-state index in [-0.39, 0.29) is 24.4 Å². The Morgan fingerprint density at radius 2 is 1.89 bits per heavy atom. The highest BCUT2D eigenvalue weighted by Crippen LogP contribution is 2.28. The molecule has 0 saturated heterocycles. The van der Waals surface area contributed by atoms with E-state index in [0.717, 1.165) is 16.6 Å². The number of aliphatic hydroxyl groups is 1. The van der Waals surface area contributed by atoms with Gasteiger partial charge in [0.1, 0.15) is 11.6 Å². The summed E-state index contributed by atoms with van der Waals surface area (Å²) < 4.78 is 5.65. The highest BCUT2D eigenvalue weighted by molar-refractivity contribution is 6.32. The summed E-state index contributed by atoms with van der Waals surface area (Å²) in [6, 6.07) is 14.9. The summed E-state index contributed by atoms with van der Waals surface area (Å²) in [7, 11) is 0. The van der Waals surface area contributed by atoms with Crippen molar-refractivity contribution < 1.29 is 14.6 Å². The third kappa shape index (κ3) is 6.40. The van der Waals surface area contributed by atoms with Crippen LogP contribution in [-0.2, 0) is 6.42 Å². The molecule has 182 valence electrons. The molecule has 0 radical (unpaired) electrons. The fourth-order valence-electron chi connectivity index (χ4n) is 4.01. The van der Waals surface area contributed by atoms with Gasteiger partial charge in [0.25, 0.3) is 0 Å². The molecule has 0 spiro atoms. The molecule has 6 nitrogen and oxygen atoms in total. The van der Waals surface area contributed by atoms with Gasteiger partial charge in [0, 0.05) is 30.4 Å². The first-order valence-electron chi connectivity index (χ1n) is 11.5. The summed E-state index contributed by atoms with van der Waals surface area (Å²) >= 11 is 12.3. The second-order valence-corrected chi connectivity index (χ2v) is 9.67. The van der Waals surface area contributed by atoms with Crippen molar-refractivity contribution >= 4 is 40.1 Å². The van der Waals surface area contributed by atoms with E-state index >= 15 is 0 Å². The van der Waals surface area contributed by atoms with Crippen molar-refractivity contribution in [2.24, 2.45) is 5.92 Å². The molecule has 1 atom stereocenters. The van der Waals surface area contributed by atoms with Crippen LogP contribution in [0, 0.1) is 5.92 Å². The van der Waals surface area contributed by atoms with Crippen LogP contribution < -0.4 is 4.74 Å². The molecule has 2 aromatic heterocycles. The lowest BCUT2D eigenvalue weighted by molar-refractivity contribution is 0.0953. The molecule has 0 aliphatic rings. The Balaban J connectivity index is 1.44. The average molecular weight is 512 g/mol. The number of benzene rings is 2. The van der Waals surface area contributed by atoms with Gasteiger partial charge in [0.05, 0.1) is 21.7 Å². The van der Waals surface area contributed by atoms with Gasteiger partial charge in [0.15, 0.2) is 11.4 Å². The third-order valence-electron chi connectivity index (χ3n) is 5.68. The fourth-order valence-corrected chi connectivity index (χ4v) is 4.39. The van der Waals surface area contributed by atoms with E-state index in [1.807, 2.05) is 38.1 Å². The second-order valence-electron chi connectivity index (χ2n) is 8.83. The van der Waals surface area contributed by atoms with Gasteiger partial charge in [-0.2, -0.15) is 0 Å². The number of ketones is 1. The Bertz CT molecular complexity index is 1320. The maximum atomic E-state index is 12.9. The van der Waals surface area contributed by atoms with Crippen molar-refractivity contribution in [3.8, 4) is 17.1 Å². The molecule has 4 rings (SSSR count). The number of nitrogens with one attached hydrogen (secondary N) is 1. The number of aliphatic hydroxyl groups excluding tert-OH is 1. The topological polar surface area (TPSA) is 88.1 Å². The van der Waals surface area contributed by atoms with Crippen LogP contribution in [0.15, 0.2) is 54.7 Å². The standard InChI is InChI=1S/C27H27Cl2N3O3/c1-16(2)35-25-8-7-20(13-22(25)29)24(34)12-18(9-10-33)11-17-3-5-19(6-4-17)26-31-23-14-21(28)15-30-27(23)32-26/h3-8,13-16,18,33H,9-12H2,1-2H3,(H,30,31,32)/t18-/m1/s1. The number of imidazole rings is 1. The summed E-state index contributed by atoms with van der Waals surface area (Å²) in [5.41, 5.74) is 3.94. The van der Waals surface area contributed by atoms with Crippen molar-refractivity contribution in [2.45, 2.75) is 39.2 Å². The average Bonchev–Trinajstić information content (AvgIpc) is 3.24. The van der Waals surface area contributed by atoms with E-state index in [4.69, 9.17) is 27.9 Å². The molecule has 0 amide bonds. The minimum Gasteiger partial charge on any atom is -0.489 e. The zero-order chi connectivity index (χ0) is 24.9. The third-order valence-corrected chi connectivity index (χ3v) is 6.19. The van der Waals surface area contributed by atoms with Gasteiger partial charge in [-0.15, -0.1) is 0 Å². The van der Waals surface area contributed by atoms with Gasteiger partial charge in [-0.25, -0.2) is 9.97 Å². The van der Waals surface area contributed by atoms with E-state index in [1.54, 1.807) is 30.5 Å². The van der Waals surface area contributed by atoms with Gasteiger partial charge in [-0.3, -0.25) is 4.79 Å². The molecule has 8 heteroatoms. The molecule has 0 fully saturated rings. The van der Waals surface area contributed by atoms with Crippen LogP contribution in [0.4, 0.5) is 0 Å². The molecule has 2 N–H and O–H groups in total. The Morgan fingerprint density at radius 3 is 2.57 bits per heavy atom. The van der Waals surface area contributed by atoms with Crippen LogP contribution in [0.25, 0.3) is 22.6 Å². The molecule has 2 aromatic carbocycles. The van der Waals surface area contributed by atoms with Gasteiger partial charge >= 0.3 is 0 Å². The molecular formula is C27H27Cl2N3O3. The molecular weight excluding hydrogens is 485 g/mol. The summed E-state index contributed by atoms with van der Waals surface area (Å²) in [6.45, 7) is 3.86. The Labute approximate surface area is 214 Å². The number of Topliss-reactive ketones (excluding diaryl/α,β-unsaturated/α-hetero) is 1. The zero-order valence-corrected chi connectivity index (χ0v) is 21.1. The molecule has 0 bridgehead atoms. The summed E-state index contributed by atoms with van der Waals surface area (Å²) in [5, 5.41) is 10.5. The van der Waals surface area contributed by atoms with E-state index in [0.29, 0.717) is 52.1 Å². The number of aromatic nitrogens is 3. The van der Waals surface area contributed by atoms with Crippen LogP contribution in [-0.4, -0.2) is 38.6 Å². The predicted octanol–water partition coefficient (Wildman–Crippen LogP) is 6.53. The quantitative estimate of drug-likeness (QED) is 0.236. The summed E-state index contributed by atoms with van der Waals surface area (Å²) in [4.78, 5) is 24.9. The van der Waals surface area contributed by atoms with E-state index in [9.17, 15) is 9.90 Å². The SMILES string of the molecule is CC(C)Oc1ccc(C(=O)C[C@H](CCO)Cc2ccc(-c3nc4ncc(Cl)cc4[nH]3)cc2)cc1Cl. The zero-order valence-electron chi connectivity index (χ0n) is 19.6. The highest BCUT2D eigenvalue weighted by atomic mass is 35.5. The maximum absolute atomic E-state index is 12.9. The molecule has 4 aromatic rings. The van der Waals surface area contributed by atoms with Gasteiger partial charge in [-0.05, 0) is 62.4 Å². The van der Waals surface area contributed by atoms with Crippen LogP contribution in [0.2, 0.25) is 10.0 Å². The number of ether oxygens (including phenoxy) is 1. The normalized spacial score (nSPS) is 12.3. The number of fused-ring (bicyclic) bond motifs is 1. The number of hydrogen-bond donors (Lipinski definition) is 2. The number of hydrogen-bond acceptors (Lipinski definition) is 5. The Morgan fingerprint density at radius 1 is 1.11 bits per heavy atom. The van der Waals surface area contributed by atoms with Crippen molar-refractivity contribution in [2.75, 3.05) is 6.61 Å². The molecule has 2 heterocycles. The number of carbonyl (C=O) groups is 1. The van der Waals surface area contributed by atoms with Crippen LogP contribution in [0.1, 0.15) is 42.6 Å². The minimum absolute atomic E-state index is 0.00117. The lowest BCUT2D eigenvalue weighted by atomic mass is 9.89. The minimum atomic E-state index is -0.00787. The van der Waals surface area contributed by atoms with Crippen LogP contribution >= 0.6 is 23.2 Å². The number of halogens is 2. The van der Waals surface area contributed by atoms with Gasteiger partial charge in [-0.1, -0.05) is 47.5 Å². The lowest BCUT2D eigenvalue weighted by Crippen LogP contribution is -2.13. The van der Waals surface area contributed by atoms with Crippen molar-refractivity contribution in [3.63, 3.8) is 0 Å². The fraction of sp³-hybridized carbons (Fsp3) is 0.296. The largest absolute Gasteiger partial charge is 0.489 e. The number of pyridine rings is 1. The first kappa shape index (κ1) is 25.2. The molecule has 35 heavy (non-hydrogen) atoms. The van der Waals surface area contributed by atoms with Crippen molar-refractivity contribution in [3.05, 3.63) is 75.9 Å². The van der Waals surface area contributed by atoms with Crippen LogP contribution in [0.5, 0.6) is 5.75 Å². The maximum Gasteiger partial charge on any atom is 0.178 e. The number of nitrogens with zero attached hydrogens (tertiary/aromatic N) is 2. The Hall–Kier alpha value is -2.93. The molecule has 0 unspecified atom stereocenters. The smallest absolute Gasteiger partial charge is 0.178 e. The summed E-state index contributed by atoms with van der Waals surface area (Å²) in [6.07, 6.45) is 3.09. The predicted molar refractivity (Wildman–Crippen MR) is 139 cm³/mol. The van der Waals surface area contributed by atoms with Crippen molar-refractivity contribution in [1.29, 1.82) is 0 Å². The number of rotatable bonds is 10. The van der Waals surface area contributed by atoms with Crippen molar-refractivity contribution in [1.82, 2.24) is 15.0 Å². The van der Waals surface area contributed by atoms with E-state index < -0.39 is 0 Å². The second kappa shape index (κ2) is 11.2. The first-order valence-corrected chi connectivity index (χ1v) is 12.3. The number of carbonyl (C=O) groups excluding carboxylic acids is 1. The number of aromatic amines is 1. The number of H-pyrrole nitrogens is 1. The molecule has 0 saturated carbocycles.